The number of nitrogens with zero attached hydrogens (tertiary/aromatic N) is 1. The summed E-state index contributed by atoms with van der Waals surface area (Å²) in [4.78, 5) is 16.8. The molecule has 0 saturated carbocycles. The summed E-state index contributed by atoms with van der Waals surface area (Å²) in [5.74, 6) is 0.897. The Hall–Kier alpha value is -2.57. The highest BCUT2D eigenvalue weighted by Gasteiger charge is 2.19. The van der Waals surface area contributed by atoms with Crippen molar-refractivity contribution in [3.05, 3.63) is 58.1 Å². The normalized spacial score (nSPS) is 10.5. The lowest BCUT2D eigenvalue weighted by Crippen LogP contribution is -2.09. The summed E-state index contributed by atoms with van der Waals surface area (Å²) in [5.41, 5.74) is 1.88. The van der Waals surface area contributed by atoms with E-state index in [1.165, 1.54) is 11.3 Å². The summed E-state index contributed by atoms with van der Waals surface area (Å²) >= 11 is 7.39. The molecule has 0 aliphatic carbocycles. The zero-order valence-electron chi connectivity index (χ0n) is 14.4. The minimum Gasteiger partial charge on any atom is -0.493 e. The first-order valence-electron chi connectivity index (χ1n) is 7.68. The fourth-order valence-electron chi connectivity index (χ4n) is 2.39. The third-order valence-corrected chi connectivity index (χ3v) is 4.82. The van der Waals surface area contributed by atoms with E-state index in [-0.39, 0.29) is 5.69 Å². The second kappa shape index (κ2) is 7.76. The molecule has 134 valence electrons. The Morgan fingerprint density at radius 1 is 1.12 bits per heavy atom. The van der Waals surface area contributed by atoms with Crippen molar-refractivity contribution in [1.29, 1.82) is 0 Å². The van der Waals surface area contributed by atoms with Gasteiger partial charge in [0, 0.05) is 5.38 Å². The van der Waals surface area contributed by atoms with Crippen LogP contribution in [-0.2, 0) is 0 Å². The van der Waals surface area contributed by atoms with Crippen molar-refractivity contribution >= 4 is 28.9 Å². The van der Waals surface area contributed by atoms with Gasteiger partial charge in [0.25, 0.3) is 0 Å². The number of thiazole rings is 1. The lowest BCUT2D eigenvalue weighted by molar-refractivity contribution is 0.0729. The van der Waals surface area contributed by atoms with E-state index in [0.29, 0.717) is 27.3 Å². The topological polar surface area (TPSA) is 57.7 Å². The number of carbonyl (C=O) groups excluding carboxylic acids is 1. The van der Waals surface area contributed by atoms with Crippen molar-refractivity contribution in [3.8, 4) is 27.8 Å². The SMILES string of the molecule is COc1cccc(-c2nc(C(=O)Oc3cc(C)ccc3Cl)cs2)c1OC. The van der Waals surface area contributed by atoms with Gasteiger partial charge in [-0.3, -0.25) is 0 Å². The third-order valence-electron chi connectivity index (χ3n) is 3.64. The van der Waals surface area contributed by atoms with E-state index in [2.05, 4.69) is 4.98 Å². The van der Waals surface area contributed by atoms with Crippen molar-refractivity contribution in [2.24, 2.45) is 0 Å². The van der Waals surface area contributed by atoms with Crippen LogP contribution in [0.25, 0.3) is 10.6 Å². The fourth-order valence-corrected chi connectivity index (χ4v) is 3.35. The average molecular weight is 390 g/mol. The molecule has 0 saturated heterocycles. The predicted molar refractivity (Wildman–Crippen MR) is 102 cm³/mol. The van der Waals surface area contributed by atoms with Gasteiger partial charge < -0.3 is 14.2 Å². The van der Waals surface area contributed by atoms with Gasteiger partial charge in [-0.1, -0.05) is 23.7 Å². The number of benzene rings is 2. The number of carbonyl (C=O) groups is 1. The summed E-state index contributed by atoms with van der Waals surface area (Å²) in [6.07, 6.45) is 0. The highest BCUT2D eigenvalue weighted by Crippen LogP contribution is 2.39. The van der Waals surface area contributed by atoms with Gasteiger partial charge in [0.2, 0.25) is 0 Å². The summed E-state index contributed by atoms with van der Waals surface area (Å²) in [6, 6.07) is 10.7. The van der Waals surface area contributed by atoms with Gasteiger partial charge in [-0.25, -0.2) is 9.78 Å². The maximum atomic E-state index is 12.4. The zero-order chi connectivity index (χ0) is 18.7. The molecule has 0 aliphatic rings. The minimum atomic E-state index is -0.568. The quantitative estimate of drug-likeness (QED) is 0.453. The standard InChI is InChI=1S/C19H16ClNO4S/c1-11-7-8-13(20)16(9-11)25-19(22)14-10-26-18(21-14)12-5-4-6-15(23-2)17(12)24-3/h4-10H,1-3H3. The second-order valence-corrected chi connectivity index (χ2v) is 6.67. The van der Waals surface area contributed by atoms with Crippen molar-refractivity contribution in [1.82, 2.24) is 4.98 Å². The Balaban J connectivity index is 1.88. The van der Waals surface area contributed by atoms with Crippen LogP contribution in [-0.4, -0.2) is 25.2 Å². The molecule has 0 fully saturated rings. The number of aryl methyl sites for hydroxylation is 1. The van der Waals surface area contributed by atoms with Crippen LogP contribution in [0, 0.1) is 6.92 Å². The minimum absolute atomic E-state index is 0.201. The molecular formula is C19H16ClNO4S. The van der Waals surface area contributed by atoms with Crippen LogP contribution in [0.2, 0.25) is 5.02 Å². The molecule has 0 atom stereocenters. The van der Waals surface area contributed by atoms with Crippen LogP contribution >= 0.6 is 22.9 Å². The van der Waals surface area contributed by atoms with E-state index in [1.54, 1.807) is 37.8 Å². The molecule has 2 aromatic carbocycles. The maximum absolute atomic E-state index is 12.4. The Morgan fingerprint density at radius 3 is 2.65 bits per heavy atom. The predicted octanol–water partition coefficient (Wildman–Crippen LogP) is 5.01. The Morgan fingerprint density at radius 2 is 1.92 bits per heavy atom. The van der Waals surface area contributed by atoms with Crippen molar-refractivity contribution in [3.63, 3.8) is 0 Å². The second-order valence-electron chi connectivity index (χ2n) is 5.40. The number of para-hydroxylation sites is 1. The summed E-state index contributed by atoms with van der Waals surface area (Å²) in [5, 5.41) is 2.64. The number of methoxy groups -OCH3 is 2. The third kappa shape index (κ3) is 3.66. The zero-order valence-corrected chi connectivity index (χ0v) is 16.0. The molecule has 26 heavy (non-hydrogen) atoms. The molecule has 0 radical (unpaired) electrons. The van der Waals surface area contributed by atoms with Gasteiger partial charge in [0.15, 0.2) is 17.2 Å². The first-order valence-corrected chi connectivity index (χ1v) is 8.94. The molecule has 1 heterocycles. The van der Waals surface area contributed by atoms with Crippen LogP contribution in [0.4, 0.5) is 0 Å². The lowest BCUT2D eigenvalue weighted by Gasteiger charge is -2.10. The highest BCUT2D eigenvalue weighted by molar-refractivity contribution is 7.13. The molecule has 0 unspecified atom stereocenters. The lowest BCUT2D eigenvalue weighted by atomic mass is 10.2. The molecule has 5 nitrogen and oxygen atoms in total. The molecule has 0 aliphatic heterocycles. The number of hydrogen-bond acceptors (Lipinski definition) is 6. The van der Waals surface area contributed by atoms with Crippen LogP contribution in [0.15, 0.2) is 41.8 Å². The van der Waals surface area contributed by atoms with Gasteiger partial charge in [-0.15, -0.1) is 11.3 Å². The van der Waals surface area contributed by atoms with Gasteiger partial charge in [-0.2, -0.15) is 0 Å². The number of aromatic nitrogens is 1. The molecule has 0 bridgehead atoms. The molecule has 0 amide bonds. The number of esters is 1. The summed E-state index contributed by atoms with van der Waals surface area (Å²) < 4.78 is 16.1. The van der Waals surface area contributed by atoms with Crippen molar-refractivity contribution in [2.75, 3.05) is 14.2 Å². The van der Waals surface area contributed by atoms with Crippen molar-refractivity contribution < 1.29 is 19.0 Å². The van der Waals surface area contributed by atoms with E-state index in [1.807, 2.05) is 25.1 Å². The number of ether oxygens (including phenoxy) is 3. The first kappa shape index (κ1) is 18.2. The summed E-state index contributed by atoms with van der Waals surface area (Å²) in [7, 11) is 3.13. The van der Waals surface area contributed by atoms with E-state index in [0.717, 1.165) is 11.1 Å². The monoisotopic (exact) mass is 389 g/mol. The number of halogens is 1. The number of rotatable bonds is 5. The van der Waals surface area contributed by atoms with Crippen LogP contribution in [0.3, 0.4) is 0 Å². The largest absolute Gasteiger partial charge is 0.493 e. The summed E-state index contributed by atoms with van der Waals surface area (Å²) in [6.45, 7) is 1.89. The van der Waals surface area contributed by atoms with E-state index in [9.17, 15) is 4.79 Å². The molecule has 7 heteroatoms. The number of hydrogen-bond donors (Lipinski definition) is 0. The van der Waals surface area contributed by atoms with Gasteiger partial charge in [0.05, 0.1) is 24.8 Å². The molecule has 3 aromatic rings. The first-order chi connectivity index (χ1) is 12.5. The molecule has 3 rings (SSSR count). The molecule has 0 spiro atoms. The molecule has 1 aromatic heterocycles. The molecule has 0 N–H and O–H groups in total. The van der Waals surface area contributed by atoms with E-state index in [4.69, 9.17) is 25.8 Å². The van der Waals surface area contributed by atoms with Crippen molar-refractivity contribution in [2.45, 2.75) is 6.92 Å². The van der Waals surface area contributed by atoms with Gasteiger partial charge in [-0.05, 0) is 36.8 Å². The van der Waals surface area contributed by atoms with E-state index >= 15 is 0 Å². The van der Waals surface area contributed by atoms with E-state index < -0.39 is 5.97 Å². The highest BCUT2D eigenvalue weighted by atomic mass is 35.5. The molecular weight excluding hydrogens is 374 g/mol. The smallest absolute Gasteiger partial charge is 0.363 e. The maximum Gasteiger partial charge on any atom is 0.363 e. The fraction of sp³-hybridized carbons (Fsp3) is 0.158. The Labute approximate surface area is 160 Å². The van der Waals surface area contributed by atoms with Gasteiger partial charge >= 0.3 is 5.97 Å². The van der Waals surface area contributed by atoms with Crippen LogP contribution in [0.1, 0.15) is 16.1 Å². The van der Waals surface area contributed by atoms with Crippen LogP contribution < -0.4 is 14.2 Å². The van der Waals surface area contributed by atoms with Gasteiger partial charge in [0.1, 0.15) is 10.8 Å². The Kier molecular flexibility index (Phi) is 5.44. The average Bonchev–Trinajstić information content (AvgIpc) is 3.14. The van der Waals surface area contributed by atoms with Crippen LogP contribution in [0.5, 0.6) is 17.2 Å². The Bertz CT molecular complexity index is 954.